The number of morpholine rings is 1. The van der Waals surface area contributed by atoms with E-state index in [4.69, 9.17) is 21.4 Å². The molecule has 1 aromatic heterocycles. The summed E-state index contributed by atoms with van der Waals surface area (Å²) in [6.07, 6.45) is 5.14. The minimum atomic E-state index is -0.320. The molecule has 0 bridgehead atoms. The first-order valence-corrected chi connectivity index (χ1v) is 13.0. The Morgan fingerprint density at radius 2 is 1.89 bits per heavy atom. The third kappa shape index (κ3) is 5.39. The van der Waals surface area contributed by atoms with Crippen LogP contribution in [-0.2, 0) is 23.0 Å². The highest BCUT2D eigenvalue weighted by atomic mass is 35.5. The molecule has 188 valence electrons. The van der Waals surface area contributed by atoms with Crippen LogP contribution in [0.2, 0.25) is 5.02 Å². The van der Waals surface area contributed by atoms with E-state index in [9.17, 15) is 9.59 Å². The first-order valence-electron chi connectivity index (χ1n) is 12.6. The number of hydrogen-bond donors (Lipinski definition) is 1. The Hall–Kier alpha value is -2.42. The zero-order valence-corrected chi connectivity index (χ0v) is 21.2. The number of nitrogens with one attached hydrogen (secondary N) is 1. The van der Waals surface area contributed by atoms with Crippen molar-refractivity contribution in [1.82, 2.24) is 24.9 Å². The normalized spacial score (nSPS) is 27.9. The van der Waals surface area contributed by atoms with E-state index in [1.807, 2.05) is 23.9 Å². The van der Waals surface area contributed by atoms with Gasteiger partial charge in [-0.05, 0) is 62.8 Å². The van der Waals surface area contributed by atoms with Crippen LogP contribution in [0.25, 0.3) is 0 Å². The highest BCUT2D eigenvalue weighted by molar-refractivity contribution is 6.30. The van der Waals surface area contributed by atoms with E-state index in [0.717, 1.165) is 37.1 Å². The molecule has 1 N–H and O–H groups in total. The third-order valence-corrected chi connectivity index (χ3v) is 8.08. The molecule has 2 aliphatic heterocycles. The molecule has 0 unspecified atom stereocenters. The monoisotopic (exact) mass is 499 g/mol. The van der Waals surface area contributed by atoms with Gasteiger partial charge in [0.1, 0.15) is 0 Å². The molecule has 1 aliphatic carbocycles. The van der Waals surface area contributed by atoms with Gasteiger partial charge in [0.25, 0.3) is 0 Å². The Labute approximate surface area is 211 Å². The van der Waals surface area contributed by atoms with Gasteiger partial charge in [0.2, 0.25) is 5.91 Å². The smallest absolute Gasteiger partial charge is 0.324 e. The van der Waals surface area contributed by atoms with Gasteiger partial charge in [-0.1, -0.05) is 23.7 Å². The number of ether oxygens (including phenoxy) is 1. The van der Waals surface area contributed by atoms with Crippen LogP contribution in [0.4, 0.5) is 4.79 Å². The van der Waals surface area contributed by atoms with E-state index in [1.165, 1.54) is 21.9 Å². The fraction of sp³-hybridized carbons (Fsp3) is 0.577. The van der Waals surface area contributed by atoms with E-state index >= 15 is 0 Å². The first kappa shape index (κ1) is 24.3. The van der Waals surface area contributed by atoms with Gasteiger partial charge in [-0.3, -0.25) is 19.3 Å². The molecule has 3 amide bonds. The van der Waals surface area contributed by atoms with Gasteiger partial charge >= 0.3 is 6.03 Å². The Balaban J connectivity index is 1.28. The van der Waals surface area contributed by atoms with Crippen molar-refractivity contribution >= 4 is 23.5 Å². The number of aryl methyl sites for hydroxylation is 2. The summed E-state index contributed by atoms with van der Waals surface area (Å²) in [6, 6.07) is 10.6. The minimum Gasteiger partial charge on any atom is -0.373 e. The number of carbonyl (C=O) groups is 2. The Bertz CT molecular complexity index is 1030. The van der Waals surface area contributed by atoms with Crippen molar-refractivity contribution in [3.05, 3.63) is 52.3 Å². The summed E-state index contributed by atoms with van der Waals surface area (Å²) < 4.78 is 8.18. The maximum absolute atomic E-state index is 12.1. The lowest BCUT2D eigenvalue weighted by atomic mass is 9.82. The van der Waals surface area contributed by atoms with Crippen molar-refractivity contribution < 1.29 is 14.3 Å². The van der Waals surface area contributed by atoms with Crippen molar-refractivity contribution in [2.24, 2.45) is 7.05 Å². The van der Waals surface area contributed by atoms with E-state index in [2.05, 4.69) is 35.3 Å². The predicted molar refractivity (Wildman–Crippen MR) is 133 cm³/mol. The van der Waals surface area contributed by atoms with Gasteiger partial charge in [0.15, 0.2) is 0 Å². The van der Waals surface area contributed by atoms with E-state index < -0.39 is 0 Å². The minimum absolute atomic E-state index is 0.0749. The molecule has 8 nitrogen and oxygen atoms in total. The number of halogens is 1. The first-order chi connectivity index (χ1) is 16.9. The van der Waals surface area contributed by atoms with Crippen LogP contribution >= 0.6 is 11.6 Å². The molecule has 3 aliphatic rings. The van der Waals surface area contributed by atoms with Crippen molar-refractivity contribution in [3.8, 4) is 0 Å². The maximum Gasteiger partial charge on any atom is 0.324 e. The lowest BCUT2D eigenvalue weighted by Gasteiger charge is -2.46. The highest BCUT2D eigenvalue weighted by Gasteiger charge is 2.39. The Morgan fingerprint density at radius 1 is 1.14 bits per heavy atom. The topological polar surface area (TPSA) is 79.7 Å². The number of urea groups is 1. The molecule has 9 heteroatoms. The van der Waals surface area contributed by atoms with Crippen molar-refractivity contribution in [2.45, 2.75) is 63.1 Å². The average Bonchev–Trinajstić information content (AvgIpc) is 3.36. The van der Waals surface area contributed by atoms with Gasteiger partial charge in [-0.25, -0.2) is 4.79 Å². The fourth-order valence-corrected chi connectivity index (χ4v) is 5.87. The van der Waals surface area contributed by atoms with Gasteiger partial charge in [-0.2, -0.15) is 5.10 Å². The zero-order chi connectivity index (χ0) is 24.5. The SMILES string of the molecule is Cc1cc(C2CCC(N3C[C@H](CN4C(=O)CNC4=O)OC[C@@H]3Cc3ccc(Cl)cc3)CC2)nn1C. The van der Waals surface area contributed by atoms with Crippen LogP contribution in [0.1, 0.15) is 48.6 Å². The maximum atomic E-state index is 12.1. The molecule has 0 radical (unpaired) electrons. The second-order valence-electron chi connectivity index (χ2n) is 10.1. The molecule has 1 aromatic carbocycles. The lowest BCUT2D eigenvalue weighted by molar-refractivity contribution is -0.129. The van der Waals surface area contributed by atoms with Crippen molar-refractivity contribution in [1.29, 1.82) is 0 Å². The quantitative estimate of drug-likeness (QED) is 0.617. The molecule has 35 heavy (non-hydrogen) atoms. The number of aromatic nitrogens is 2. The van der Waals surface area contributed by atoms with Crippen LogP contribution in [0.15, 0.2) is 30.3 Å². The Kier molecular flexibility index (Phi) is 7.14. The molecular formula is C26H34ClN5O3. The number of hydrogen-bond acceptors (Lipinski definition) is 5. The second kappa shape index (κ2) is 10.3. The van der Waals surface area contributed by atoms with Gasteiger partial charge in [0.05, 0.1) is 31.5 Å². The molecule has 2 atom stereocenters. The van der Waals surface area contributed by atoms with E-state index in [1.54, 1.807) is 0 Å². The summed E-state index contributed by atoms with van der Waals surface area (Å²) in [4.78, 5) is 28.1. The van der Waals surface area contributed by atoms with E-state index in [0.29, 0.717) is 31.7 Å². The van der Waals surface area contributed by atoms with Crippen LogP contribution in [0.3, 0.4) is 0 Å². The number of nitrogens with zero attached hydrogens (tertiary/aromatic N) is 4. The number of carbonyl (C=O) groups excluding carboxylic acids is 2. The summed E-state index contributed by atoms with van der Waals surface area (Å²) in [6.45, 7) is 3.77. The summed E-state index contributed by atoms with van der Waals surface area (Å²) in [7, 11) is 2.01. The molecule has 5 rings (SSSR count). The molecule has 2 aromatic rings. The van der Waals surface area contributed by atoms with Crippen LogP contribution in [0, 0.1) is 6.92 Å². The lowest BCUT2D eigenvalue weighted by Crippen LogP contribution is -2.57. The van der Waals surface area contributed by atoms with E-state index in [-0.39, 0.29) is 30.6 Å². The van der Waals surface area contributed by atoms with Gasteiger partial charge in [0, 0.05) is 42.3 Å². The number of rotatable bonds is 6. The zero-order valence-electron chi connectivity index (χ0n) is 20.5. The van der Waals surface area contributed by atoms with Gasteiger partial charge in [-0.15, -0.1) is 0 Å². The molecule has 2 saturated heterocycles. The third-order valence-electron chi connectivity index (χ3n) is 7.83. The van der Waals surface area contributed by atoms with Crippen molar-refractivity contribution in [2.75, 3.05) is 26.2 Å². The van der Waals surface area contributed by atoms with Crippen molar-refractivity contribution in [3.63, 3.8) is 0 Å². The number of imide groups is 1. The number of benzene rings is 1. The summed E-state index contributed by atoms with van der Waals surface area (Å²) in [5, 5.41) is 8.07. The summed E-state index contributed by atoms with van der Waals surface area (Å²) in [5.41, 5.74) is 3.64. The predicted octanol–water partition coefficient (Wildman–Crippen LogP) is 3.27. The van der Waals surface area contributed by atoms with Crippen LogP contribution in [-0.4, -0.2) is 75.9 Å². The summed E-state index contributed by atoms with van der Waals surface area (Å²) in [5.74, 6) is 0.322. The number of amides is 3. The largest absolute Gasteiger partial charge is 0.373 e. The fourth-order valence-electron chi connectivity index (χ4n) is 5.74. The molecule has 0 spiro atoms. The molecular weight excluding hydrogens is 466 g/mol. The van der Waals surface area contributed by atoms with Gasteiger partial charge < -0.3 is 10.1 Å². The summed E-state index contributed by atoms with van der Waals surface area (Å²) >= 11 is 6.10. The molecule has 3 heterocycles. The highest BCUT2D eigenvalue weighted by Crippen LogP contribution is 2.36. The standard InChI is InChI=1S/C26H34ClN5O3/c1-17-11-24(29-30(17)2)19-5-9-21(10-6-19)31-14-23(15-32-25(33)13-28-26(32)34)35-16-22(31)12-18-3-7-20(27)8-4-18/h3-4,7-8,11,19,21-23H,5-6,9-10,12-16H2,1-2H3,(H,28,34)/t19?,21?,22-,23+/m0/s1. The Morgan fingerprint density at radius 3 is 2.51 bits per heavy atom. The molecule has 1 saturated carbocycles. The average molecular weight is 500 g/mol. The van der Waals surface area contributed by atoms with Crippen LogP contribution < -0.4 is 5.32 Å². The second-order valence-corrected chi connectivity index (χ2v) is 10.6. The van der Waals surface area contributed by atoms with Crippen LogP contribution in [0.5, 0.6) is 0 Å². The molecule has 3 fully saturated rings.